The van der Waals surface area contributed by atoms with Crippen LogP contribution < -0.4 is 18.9 Å². The van der Waals surface area contributed by atoms with Crippen LogP contribution in [0, 0.1) is 0 Å². The minimum absolute atomic E-state index is 0.0957. The third-order valence-corrected chi connectivity index (χ3v) is 6.34. The zero-order valence-electron chi connectivity index (χ0n) is 22.3. The lowest BCUT2D eigenvalue weighted by Crippen LogP contribution is -2.59. The van der Waals surface area contributed by atoms with Crippen molar-refractivity contribution in [3.63, 3.8) is 0 Å². The van der Waals surface area contributed by atoms with Crippen LogP contribution in [0.3, 0.4) is 0 Å². The van der Waals surface area contributed by atoms with Gasteiger partial charge >= 0.3 is 0 Å². The summed E-state index contributed by atoms with van der Waals surface area (Å²) in [6.07, 6.45) is -7.08. The van der Waals surface area contributed by atoms with E-state index >= 15 is 0 Å². The summed E-state index contributed by atoms with van der Waals surface area (Å²) in [5, 5.41) is 70.5. The molecule has 0 aliphatic carbocycles. The van der Waals surface area contributed by atoms with E-state index in [1.54, 1.807) is 18.2 Å². The molecule has 7 N–H and O–H groups in total. The highest BCUT2D eigenvalue weighted by Crippen LogP contribution is 2.41. The standard InChI is InChI=1S/C27H36O13/c1-35-17-11-15(6-7-16(17)30)22(31)21(13-38-27-25(34)24(33)23(32)20(12-29)40-27)39-26-18(36-2)9-14(5-4-8-28)10-19(26)37-3/h4-7,9-11,20-25,27-34H,8,12-13H2,1-3H3/t20-,21-,22+,23-,24+,25-,27-/m1/s1. The first kappa shape index (κ1) is 31.4. The molecule has 0 radical (unpaired) electrons. The molecule has 2 aromatic carbocycles. The summed E-state index contributed by atoms with van der Waals surface area (Å²) >= 11 is 0. The van der Waals surface area contributed by atoms with Crippen LogP contribution >= 0.6 is 0 Å². The molecule has 7 atom stereocenters. The van der Waals surface area contributed by atoms with Crippen LogP contribution in [-0.2, 0) is 9.47 Å². The first-order chi connectivity index (χ1) is 19.2. The van der Waals surface area contributed by atoms with Gasteiger partial charge in [-0.2, -0.15) is 0 Å². The minimum atomic E-state index is -1.67. The highest BCUT2D eigenvalue weighted by atomic mass is 16.7. The average molecular weight is 569 g/mol. The number of ether oxygens (including phenoxy) is 6. The molecule has 40 heavy (non-hydrogen) atoms. The van der Waals surface area contributed by atoms with Crippen molar-refractivity contribution in [1.82, 2.24) is 0 Å². The van der Waals surface area contributed by atoms with E-state index in [4.69, 9.17) is 33.5 Å². The maximum absolute atomic E-state index is 11.3. The molecule has 0 amide bonds. The van der Waals surface area contributed by atoms with Crippen molar-refractivity contribution in [2.75, 3.05) is 41.2 Å². The van der Waals surface area contributed by atoms with Gasteiger partial charge in [0.15, 0.2) is 35.4 Å². The van der Waals surface area contributed by atoms with E-state index < -0.39 is 56.1 Å². The molecule has 0 bridgehead atoms. The zero-order valence-corrected chi connectivity index (χ0v) is 22.3. The van der Waals surface area contributed by atoms with Crippen molar-refractivity contribution < 1.29 is 64.2 Å². The highest BCUT2D eigenvalue weighted by molar-refractivity contribution is 5.62. The molecule has 2 aromatic rings. The zero-order chi connectivity index (χ0) is 29.4. The second-order valence-electron chi connectivity index (χ2n) is 8.90. The maximum Gasteiger partial charge on any atom is 0.204 e. The van der Waals surface area contributed by atoms with Crippen molar-refractivity contribution in [2.24, 2.45) is 0 Å². The Bertz CT molecular complexity index is 1100. The number of aliphatic hydroxyl groups is 6. The van der Waals surface area contributed by atoms with Gasteiger partial charge in [-0.1, -0.05) is 18.2 Å². The molecular formula is C27H36O13. The van der Waals surface area contributed by atoms with Gasteiger partial charge in [-0.15, -0.1) is 0 Å². The third kappa shape index (κ3) is 7.13. The molecule has 0 saturated carbocycles. The van der Waals surface area contributed by atoms with Crippen molar-refractivity contribution in [1.29, 1.82) is 0 Å². The molecule has 1 heterocycles. The lowest BCUT2D eigenvalue weighted by molar-refractivity contribution is -0.305. The van der Waals surface area contributed by atoms with Gasteiger partial charge in [-0.25, -0.2) is 0 Å². The van der Waals surface area contributed by atoms with Gasteiger partial charge < -0.3 is 64.2 Å². The van der Waals surface area contributed by atoms with Crippen LogP contribution in [0.5, 0.6) is 28.7 Å². The predicted octanol–water partition coefficient (Wildman–Crippen LogP) is -0.279. The molecule has 0 unspecified atom stereocenters. The van der Waals surface area contributed by atoms with E-state index in [9.17, 15) is 30.6 Å². The van der Waals surface area contributed by atoms with Gasteiger partial charge in [0.2, 0.25) is 5.75 Å². The normalized spacial score (nSPS) is 24.5. The third-order valence-electron chi connectivity index (χ3n) is 6.34. The van der Waals surface area contributed by atoms with Crippen molar-refractivity contribution in [2.45, 2.75) is 42.9 Å². The van der Waals surface area contributed by atoms with Crippen LogP contribution in [-0.4, -0.2) is 114 Å². The number of aliphatic hydroxyl groups excluding tert-OH is 6. The quantitative estimate of drug-likeness (QED) is 0.167. The topological polar surface area (TPSA) is 197 Å². The Labute approximate surface area is 231 Å². The van der Waals surface area contributed by atoms with Crippen LogP contribution in [0.4, 0.5) is 0 Å². The summed E-state index contributed by atoms with van der Waals surface area (Å²) in [6, 6.07) is 7.42. The fraction of sp³-hybridized carbons (Fsp3) is 0.481. The molecule has 1 aliphatic heterocycles. The van der Waals surface area contributed by atoms with E-state index in [1.165, 1.54) is 45.6 Å². The fourth-order valence-corrected chi connectivity index (χ4v) is 4.13. The predicted molar refractivity (Wildman–Crippen MR) is 139 cm³/mol. The number of phenolic OH excluding ortho intramolecular Hbond substituents is 1. The Balaban J connectivity index is 1.97. The van der Waals surface area contributed by atoms with Gasteiger partial charge in [-0.3, -0.25) is 0 Å². The van der Waals surface area contributed by atoms with Gasteiger partial charge in [0.05, 0.1) is 41.2 Å². The van der Waals surface area contributed by atoms with Crippen molar-refractivity contribution in [3.8, 4) is 28.7 Å². The second-order valence-corrected chi connectivity index (χ2v) is 8.90. The largest absolute Gasteiger partial charge is 0.504 e. The first-order valence-electron chi connectivity index (χ1n) is 12.4. The highest BCUT2D eigenvalue weighted by Gasteiger charge is 2.44. The molecule has 0 aromatic heterocycles. The number of aromatic hydroxyl groups is 1. The lowest BCUT2D eigenvalue weighted by atomic mass is 9.99. The first-order valence-corrected chi connectivity index (χ1v) is 12.4. The smallest absolute Gasteiger partial charge is 0.204 e. The summed E-state index contributed by atoms with van der Waals surface area (Å²) in [5.74, 6) is 0.498. The SMILES string of the molecule is COc1cc([C@H](O)[C@@H](CO[C@@H]2O[C@H](CO)[C@@H](O)[C@H](O)[C@H]2O)Oc2c(OC)cc(C=CCO)cc2OC)ccc1O. The van der Waals surface area contributed by atoms with Crippen LogP contribution in [0.25, 0.3) is 6.08 Å². The minimum Gasteiger partial charge on any atom is -0.504 e. The number of phenols is 1. The number of hydrogen-bond donors (Lipinski definition) is 7. The van der Waals surface area contributed by atoms with Crippen molar-refractivity contribution in [3.05, 3.63) is 47.5 Å². The van der Waals surface area contributed by atoms with Crippen LogP contribution in [0.1, 0.15) is 17.2 Å². The van der Waals surface area contributed by atoms with Gasteiger partial charge in [0, 0.05) is 0 Å². The Morgan fingerprint density at radius 1 is 0.900 bits per heavy atom. The van der Waals surface area contributed by atoms with E-state index in [0.717, 1.165) is 0 Å². The number of benzene rings is 2. The molecule has 222 valence electrons. The maximum atomic E-state index is 11.3. The molecule has 0 spiro atoms. The van der Waals surface area contributed by atoms with E-state index in [1.807, 2.05) is 0 Å². The molecular weight excluding hydrogens is 532 g/mol. The summed E-state index contributed by atoms with van der Waals surface area (Å²) < 4.78 is 33.4. The molecule has 1 fully saturated rings. The number of methoxy groups -OCH3 is 3. The van der Waals surface area contributed by atoms with E-state index in [0.29, 0.717) is 5.56 Å². The molecule has 13 nitrogen and oxygen atoms in total. The summed E-state index contributed by atoms with van der Waals surface area (Å²) in [4.78, 5) is 0. The molecule has 13 heteroatoms. The molecule has 3 rings (SSSR count). The second kappa shape index (κ2) is 14.5. The number of rotatable bonds is 13. The summed E-state index contributed by atoms with van der Waals surface area (Å²) in [6.45, 7) is -1.26. The Morgan fingerprint density at radius 3 is 2.12 bits per heavy atom. The summed E-state index contributed by atoms with van der Waals surface area (Å²) in [7, 11) is 4.16. The van der Waals surface area contributed by atoms with Crippen LogP contribution in [0.2, 0.25) is 0 Å². The van der Waals surface area contributed by atoms with E-state index in [2.05, 4.69) is 0 Å². The van der Waals surface area contributed by atoms with Crippen LogP contribution in [0.15, 0.2) is 36.4 Å². The van der Waals surface area contributed by atoms with Gasteiger partial charge in [0.25, 0.3) is 0 Å². The fourth-order valence-electron chi connectivity index (χ4n) is 4.13. The average Bonchev–Trinajstić information content (AvgIpc) is 2.97. The molecule has 1 saturated heterocycles. The van der Waals surface area contributed by atoms with Crippen molar-refractivity contribution >= 4 is 6.08 Å². The molecule has 1 aliphatic rings. The van der Waals surface area contributed by atoms with Gasteiger partial charge in [-0.05, 0) is 35.4 Å². The summed E-state index contributed by atoms with van der Waals surface area (Å²) in [5.41, 5.74) is 0.908. The monoisotopic (exact) mass is 568 g/mol. The Hall–Kier alpha value is -3.14. The number of hydrogen-bond acceptors (Lipinski definition) is 13. The Morgan fingerprint density at radius 2 is 1.55 bits per heavy atom. The van der Waals surface area contributed by atoms with Gasteiger partial charge in [0.1, 0.15) is 30.5 Å². The Kier molecular flexibility index (Phi) is 11.4. The van der Waals surface area contributed by atoms with E-state index in [-0.39, 0.29) is 40.9 Å². The lowest BCUT2D eigenvalue weighted by Gasteiger charge is -2.40.